The van der Waals surface area contributed by atoms with Gasteiger partial charge in [0.15, 0.2) is 0 Å². The number of hydrogen-bond donors (Lipinski definition) is 2. The standard InChI is InChI=1S/C15H24N2O/c1-12-6-3-4-7-13(12)14(10-16)17-9-5-8-15(2,18)11-17/h3-4,6-7,14,18H,5,8-11,16H2,1-2H3. The molecule has 1 aromatic carbocycles. The maximum absolute atomic E-state index is 10.2. The first kappa shape index (κ1) is 13.5. The Labute approximate surface area is 110 Å². The van der Waals surface area contributed by atoms with Crippen LogP contribution in [-0.4, -0.2) is 35.2 Å². The van der Waals surface area contributed by atoms with Crippen LogP contribution in [0.1, 0.15) is 36.9 Å². The second-order valence-electron chi connectivity index (χ2n) is 5.68. The minimum atomic E-state index is -0.575. The summed E-state index contributed by atoms with van der Waals surface area (Å²) in [6.07, 6.45) is 1.92. The van der Waals surface area contributed by atoms with Gasteiger partial charge in [-0.2, -0.15) is 0 Å². The van der Waals surface area contributed by atoms with E-state index in [1.807, 2.05) is 6.92 Å². The summed E-state index contributed by atoms with van der Waals surface area (Å²) in [7, 11) is 0. The number of nitrogens with zero attached hydrogens (tertiary/aromatic N) is 1. The molecule has 1 aliphatic rings. The van der Waals surface area contributed by atoms with Gasteiger partial charge in [0, 0.05) is 19.1 Å². The van der Waals surface area contributed by atoms with Gasteiger partial charge in [-0.3, -0.25) is 4.90 Å². The van der Waals surface area contributed by atoms with Gasteiger partial charge in [-0.1, -0.05) is 24.3 Å². The van der Waals surface area contributed by atoms with E-state index in [2.05, 4.69) is 36.1 Å². The number of nitrogens with two attached hydrogens (primary N) is 1. The number of aliphatic hydroxyl groups is 1. The highest BCUT2D eigenvalue weighted by Gasteiger charge is 2.32. The molecule has 18 heavy (non-hydrogen) atoms. The lowest BCUT2D eigenvalue weighted by Gasteiger charge is -2.41. The molecule has 100 valence electrons. The van der Waals surface area contributed by atoms with Crippen LogP contribution in [0, 0.1) is 6.92 Å². The Bertz CT molecular complexity index is 403. The molecule has 2 atom stereocenters. The van der Waals surface area contributed by atoms with Crippen molar-refractivity contribution < 1.29 is 5.11 Å². The fourth-order valence-electron chi connectivity index (χ4n) is 2.96. The second-order valence-corrected chi connectivity index (χ2v) is 5.68. The summed E-state index contributed by atoms with van der Waals surface area (Å²) in [5, 5.41) is 10.2. The molecule has 0 saturated carbocycles. The Morgan fingerprint density at radius 1 is 1.44 bits per heavy atom. The number of piperidine rings is 1. The average Bonchev–Trinajstić information content (AvgIpc) is 2.31. The van der Waals surface area contributed by atoms with Crippen molar-refractivity contribution in [3.63, 3.8) is 0 Å². The number of benzene rings is 1. The van der Waals surface area contributed by atoms with Gasteiger partial charge in [0.05, 0.1) is 5.60 Å². The van der Waals surface area contributed by atoms with E-state index in [4.69, 9.17) is 5.73 Å². The van der Waals surface area contributed by atoms with Crippen LogP contribution < -0.4 is 5.73 Å². The van der Waals surface area contributed by atoms with Crippen LogP contribution in [0.2, 0.25) is 0 Å². The number of hydrogen-bond acceptors (Lipinski definition) is 3. The summed E-state index contributed by atoms with van der Waals surface area (Å²) in [6.45, 7) is 6.38. The van der Waals surface area contributed by atoms with Gasteiger partial charge in [0.25, 0.3) is 0 Å². The van der Waals surface area contributed by atoms with Crippen molar-refractivity contribution in [1.82, 2.24) is 4.90 Å². The lowest BCUT2D eigenvalue weighted by molar-refractivity contribution is -0.0293. The van der Waals surface area contributed by atoms with Crippen molar-refractivity contribution in [3.05, 3.63) is 35.4 Å². The van der Waals surface area contributed by atoms with Crippen molar-refractivity contribution >= 4 is 0 Å². The monoisotopic (exact) mass is 248 g/mol. The number of β-amino-alcohol motifs (C(OH)–C–C–N with tert-alkyl or cyclic N) is 1. The van der Waals surface area contributed by atoms with Crippen LogP contribution in [0.25, 0.3) is 0 Å². The van der Waals surface area contributed by atoms with Gasteiger partial charge < -0.3 is 10.8 Å². The van der Waals surface area contributed by atoms with Crippen molar-refractivity contribution in [2.75, 3.05) is 19.6 Å². The van der Waals surface area contributed by atoms with Crippen molar-refractivity contribution in [3.8, 4) is 0 Å². The summed E-state index contributed by atoms with van der Waals surface area (Å²) in [6, 6.07) is 8.61. The zero-order valence-electron chi connectivity index (χ0n) is 11.4. The first-order chi connectivity index (χ1) is 8.53. The molecule has 0 aromatic heterocycles. The highest BCUT2D eigenvalue weighted by molar-refractivity contribution is 5.29. The molecule has 3 N–H and O–H groups in total. The lowest BCUT2D eigenvalue weighted by atomic mass is 9.91. The fourth-order valence-corrected chi connectivity index (χ4v) is 2.96. The minimum Gasteiger partial charge on any atom is -0.389 e. The van der Waals surface area contributed by atoms with E-state index in [9.17, 15) is 5.11 Å². The predicted molar refractivity (Wildman–Crippen MR) is 74.4 cm³/mol. The normalized spacial score (nSPS) is 27.1. The first-order valence-electron chi connectivity index (χ1n) is 6.75. The van der Waals surface area contributed by atoms with Crippen molar-refractivity contribution in [2.24, 2.45) is 5.73 Å². The van der Waals surface area contributed by atoms with Crippen LogP contribution in [0.3, 0.4) is 0 Å². The molecule has 0 radical (unpaired) electrons. The van der Waals surface area contributed by atoms with Crippen LogP contribution in [-0.2, 0) is 0 Å². The molecule has 1 saturated heterocycles. The predicted octanol–water partition coefficient (Wildman–Crippen LogP) is 1.84. The second kappa shape index (κ2) is 5.39. The molecular formula is C15H24N2O. The zero-order chi connectivity index (χ0) is 13.2. The summed E-state index contributed by atoms with van der Waals surface area (Å²) >= 11 is 0. The maximum atomic E-state index is 10.2. The summed E-state index contributed by atoms with van der Waals surface area (Å²) in [5.74, 6) is 0. The Balaban J connectivity index is 2.21. The van der Waals surface area contributed by atoms with Gasteiger partial charge in [0.1, 0.15) is 0 Å². The highest BCUT2D eigenvalue weighted by atomic mass is 16.3. The van der Waals surface area contributed by atoms with Gasteiger partial charge in [0.2, 0.25) is 0 Å². The molecule has 1 aromatic rings. The lowest BCUT2D eigenvalue weighted by Crippen LogP contribution is -2.49. The average molecular weight is 248 g/mol. The number of aryl methyl sites for hydroxylation is 1. The third kappa shape index (κ3) is 2.91. The van der Waals surface area contributed by atoms with Crippen molar-refractivity contribution in [2.45, 2.75) is 38.3 Å². The SMILES string of the molecule is Cc1ccccc1C(CN)N1CCCC(C)(O)C1. The summed E-state index contributed by atoms with van der Waals surface area (Å²) < 4.78 is 0. The van der Waals surface area contributed by atoms with E-state index >= 15 is 0 Å². The first-order valence-corrected chi connectivity index (χ1v) is 6.75. The molecule has 0 aliphatic carbocycles. The Morgan fingerprint density at radius 2 is 2.17 bits per heavy atom. The van der Waals surface area contributed by atoms with Crippen LogP contribution >= 0.6 is 0 Å². The number of likely N-dealkylation sites (tertiary alicyclic amines) is 1. The molecule has 1 heterocycles. The quantitative estimate of drug-likeness (QED) is 0.858. The van der Waals surface area contributed by atoms with E-state index < -0.39 is 5.60 Å². The van der Waals surface area contributed by atoms with E-state index in [1.54, 1.807) is 0 Å². The molecule has 1 fully saturated rings. The molecule has 1 aliphatic heterocycles. The van der Waals surface area contributed by atoms with E-state index in [-0.39, 0.29) is 6.04 Å². The van der Waals surface area contributed by atoms with Gasteiger partial charge in [-0.25, -0.2) is 0 Å². The molecule has 0 amide bonds. The topological polar surface area (TPSA) is 49.5 Å². The zero-order valence-corrected chi connectivity index (χ0v) is 11.4. The third-order valence-corrected chi connectivity index (χ3v) is 3.92. The van der Waals surface area contributed by atoms with Crippen LogP contribution in [0.4, 0.5) is 0 Å². The van der Waals surface area contributed by atoms with Crippen molar-refractivity contribution in [1.29, 1.82) is 0 Å². The molecule has 0 bridgehead atoms. The van der Waals surface area contributed by atoms with Gasteiger partial charge in [-0.05, 0) is 44.4 Å². The largest absolute Gasteiger partial charge is 0.389 e. The summed E-state index contributed by atoms with van der Waals surface area (Å²) in [5.41, 5.74) is 7.96. The molecule has 2 rings (SSSR count). The Morgan fingerprint density at radius 3 is 2.78 bits per heavy atom. The molecule has 3 heteroatoms. The van der Waals surface area contributed by atoms with E-state index in [0.717, 1.165) is 19.4 Å². The van der Waals surface area contributed by atoms with Crippen LogP contribution in [0.5, 0.6) is 0 Å². The Hall–Kier alpha value is -0.900. The van der Waals surface area contributed by atoms with E-state index in [0.29, 0.717) is 13.1 Å². The van der Waals surface area contributed by atoms with E-state index in [1.165, 1.54) is 11.1 Å². The summed E-state index contributed by atoms with van der Waals surface area (Å²) in [4.78, 5) is 2.33. The fraction of sp³-hybridized carbons (Fsp3) is 0.600. The number of rotatable bonds is 3. The molecular weight excluding hydrogens is 224 g/mol. The smallest absolute Gasteiger partial charge is 0.0746 e. The minimum absolute atomic E-state index is 0.220. The maximum Gasteiger partial charge on any atom is 0.0746 e. The van der Waals surface area contributed by atoms with Gasteiger partial charge >= 0.3 is 0 Å². The highest BCUT2D eigenvalue weighted by Crippen LogP contribution is 2.29. The third-order valence-electron chi connectivity index (χ3n) is 3.92. The molecule has 2 unspecified atom stereocenters. The van der Waals surface area contributed by atoms with Gasteiger partial charge in [-0.15, -0.1) is 0 Å². The molecule has 0 spiro atoms. The van der Waals surface area contributed by atoms with Crippen LogP contribution in [0.15, 0.2) is 24.3 Å². The molecule has 3 nitrogen and oxygen atoms in total. The Kier molecular flexibility index (Phi) is 4.05.